The Labute approximate surface area is 119 Å². The van der Waals surface area contributed by atoms with Crippen LogP contribution in [0, 0.1) is 13.8 Å². The molecule has 1 aromatic carbocycles. The van der Waals surface area contributed by atoms with Gasteiger partial charge in [0.2, 0.25) is 0 Å². The molecule has 0 saturated carbocycles. The molecule has 0 unspecified atom stereocenters. The molecular weight excluding hydrogens is 252 g/mol. The first-order valence-electron chi connectivity index (χ1n) is 6.60. The molecule has 0 fully saturated rings. The van der Waals surface area contributed by atoms with Gasteiger partial charge in [-0.15, -0.1) is 0 Å². The molecule has 0 aliphatic rings. The Morgan fingerprint density at radius 1 is 1.15 bits per heavy atom. The van der Waals surface area contributed by atoms with Crippen molar-refractivity contribution < 1.29 is 9.90 Å². The van der Waals surface area contributed by atoms with Gasteiger partial charge in [-0.05, 0) is 46.8 Å². The molecule has 2 aromatic rings. The number of aryl methyl sites for hydroxylation is 2. The Kier molecular flexibility index (Phi) is 3.42. The molecule has 1 heterocycles. The van der Waals surface area contributed by atoms with Gasteiger partial charge in [0.05, 0.1) is 5.54 Å². The lowest BCUT2D eigenvalue weighted by molar-refractivity contribution is 0.0697. The van der Waals surface area contributed by atoms with Gasteiger partial charge in [-0.3, -0.25) is 4.68 Å². The van der Waals surface area contributed by atoms with E-state index in [-0.39, 0.29) is 11.1 Å². The van der Waals surface area contributed by atoms with Crippen LogP contribution in [0.3, 0.4) is 0 Å². The summed E-state index contributed by atoms with van der Waals surface area (Å²) in [6, 6.07) is 5.99. The summed E-state index contributed by atoms with van der Waals surface area (Å²) in [5.74, 6) is -0.949. The van der Waals surface area contributed by atoms with Gasteiger partial charge in [-0.25, -0.2) is 4.79 Å². The quantitative estimate of drug-likeness (QED) is 0.908. The number of hydrogen-bond acceptors (Lipinski definition) is 2. The largest absolute Gasteiger partial charge is 0.478 e. The third-order valence-electron chi connectivity index (χ3n) is 3.13. The van der Waals surface area contributed by atoms with Crippen molar-refractivity contribution >= 4 is 5.97 Å². The van der Waals surface area contributed by atoms with E-state index in [9.17, 15) is 9.90 Å². The summed E-state index contributed by atoms with van der Waals surface area (Å²) in [5, 5.41) is 13.9. The summed E-state index contributed by atoms with van der Waals surface area (Å²) >= 11 is 0. The van der Waals surface area contributed by atoms with E-state index in [1.807, 2.05) is 46.8 Å². The Bertz CT molecular complexity index is 643. The summed E-state index contributed by atoms with van der Waals surface area (Å²) in [5.41, 5.74) is 3.57. The Morgan fingerprint density at radius 2 is 1.70 bits per heavy atom. The second-order valence-electron chi connectivity index (χ2n) is 6.19. The summed E-state index contributed by atoms with van der Waals surface area (Å²) in [6.07, 6.45) is 1.61. The van der Waals surface area contributed by atoms with Crippen molar-refractivity contribution in [3.8, 4) is 11.3 Å². The molecule has 0 spiro atoms. The predicted molar refractivity (Wildman–Crippen MR) is 79.1 cm³/mol. The predicted octanol–water partition coefficient (Wildman–Crippen LogP) is 3.62. The van der Waals surface area contributed by atoms with E-state index in [0.29, 0.717) is 5.69 Å². The Balaban J connectivity index is 2.66. The summed E-state index contributed by atoms with van der Waals surface area (Å²) in [4.78, 5) is 11.5. The van der Waals surface area contributed by atoms with Crippen LogP contribution in [0.1, 0.15) is 42.3 Å². The third kappa shape index (κ3) is 2.74. The van der Waals surface area contributed by atoms with Gasteiger partial charge in [0.25, 0.3) is 0 Å². The maximum atomic E-state index is 11.5. The molecule has 1 aromatic heterocycles. The molecule has 4 heteroatoms. The maximum absolute atomic E-state index is 11.5. The molecule has 2 rings (SSSR count). The number of benzene rings is 1. The van der Waals surface area contributed by atoms with Crippen LogP contribution in [0.2, 0.25) is 0 Å². The molecule has 0 amide bonds. The van der Waals surface area contributed by atoms with E-state index in [1.54, 1.807) is 10.9 Å². The summed E-state index contributed by atoms with van der Waals surface area (Å²) in [6.45, 7) is 9.99. The molecule has 0 aliphatic carbocycles. The lowest BCUT2D eigenvalue weighted by Crippen LogP contribution is -2.22. The van der Waals surface area contributed by atoms with Crippen LogP contribution in [-0.2, 0) is 5.54 Å². The van der Waals surface area contributed by atoms with Gasteiger partial charge in [0, 0.05) is 11.8 Å². The van der Waals surface area contributed by atoms with Gasteiger partial charge in [-0.1, -0.05) is 17.2 Å². The zero-order chi connectivity index (χ0) is 15.1. The highest BCUT2D eigenvalue weighted by Gasteiger charge is 2.22. The third-order valence-corrected chi connectivity index (χ3v) is 3.13. The molecule has 0 saturated heterocycles. The fourth-order valence-electron chi connectivity index (χ4n) is 2.20. The van der Waals surface area contributed by atoms with Crippen LogP contribution < -0.4 is 0 Å². The number of rotatable bonds is 2. The lowest BCUT2D eigenvalue weighted by atomic mass is 10.0. The van der Waals surface area contributed by atoms with Crippen LogP contribution in [0.15, 0.2) is 24.4 Å². The van der Waals surface area contributed by atoms with E-state index in [1.165, 1.54) is 0 Å². The zero-order valence-electron chi connectivity index (χ0n) is 12.6. The molecule has 0 bridgehead atoms. The number of nitrogens with zero attached hydrogens (tertiary/aromatic N) is 2. The number of aromatic nitrogens is 2. The summed E-state index contributed by atoms with van der Waals surface area (Å²) in [7, 11) is 0. The number of aromatic carboxylic acids is 1. The first kappa shape index (κ1) is 14.3. The van der Waals surface area contributed by atoms with E-state index < -0.39 is 5.97 Å². The van der Waals surface area contributed by atoms with E-state index >= 15 is 0 Å². The lowest BCUT2D eigenvalue weighted by Gasteiger charge is -2.18. The van der Waals surface area contributed by atoms with Crippen molar-refractivity contribution in [3.63, 3.8) is 0 Å². The second kappa shape index (κ2) is 4.78. The standard InChI is InChI=1S/C16H20N2O2/c1-10-6-11(2)8-12(7-10)14-13(15(19)20)9-18(17-14)16(3,4)5/h6-9H,1-5H3,(H,19,20). The van der Waals surface area contributed by atoms with Crippen molar-refractivity contribution in [2.45, 2.75) is 40.2 Å². The highest BCUT2D eigenvalue weighted by molar-refractivity contribution is 5.94. The first-order valence-corrected chi connectivity index (χ1v) is 6.60. The Hall–Kier alpha value is -2.10. The normalized spacial score (nSPS) is 11.7. The summed E-state index contributed by atoms with van der Waals surface area (Å²) < 4.78 is 1.71. The fraction of sp³-hybridized carbons (Fsp3) is 0.375. The van der Waals surface area contributed by atoms with Crippen LogP contribution in [0.4, 0.5) is 0 Å². The molecule has 0 atom stereocenters. The molecule has 0 radical (unpaired) electrons. The van der Waals surface area contributed by atoms with Crippen LogP contribution in [0.25, 0.3) is 11.3 Å². The van der Waals surface area contributed by atoms with E-state index in [0.717, 1.165) is 16.7 Å². The molecule has 4 nitrogen and oxygen atoms in total. The van der Waals surface area contributed by atoms with E-state index in [2.05, 4.69) is 11.2 Å². The number of carbonyl (C=O) groups is 1. The van der Waals surface area contributed by atoms with Gasteiger partial charge >= 0.3 is 5.97 Å². The number of carboxylic acids is 1. The maximum Gasteiger partial charge on any atom is 0.339 e. The van der Waals surface area contributed by atoms with Crippen molar-refractivity contribution in [2.24, 2.45) is 0 Å². The zero-order valence-corrected chi connectivity index (χ0v) is 12.6. The fourth-order valence-corrected chi connectivity index (χ4v) is 2.20. The van der Waals surface area contributed by atoms with Crippen molar-refractivity contribution in [1.82, 2.24) is 9.78 Å². The van der Waals surface area contributed by atoms with Crippen LogP contribution in [-0.4, -0.2) is 20.9 Å². The monoisotopic (exact) mass is 272 g/mol. The average molecular weight is 272 g/mol. The van der Waals surface area contributed by atoms with Gasteiger partial charge in [0.15, 0.2) is 0 Å². The molecule has 106 valence electrons. The van der Waals surface area contributed by atoms with Gasteiger partial charge < -0.3 is 5.11 Å². The van der Waals surface area contributed by atoms with Crippen molar-refractivity contribution in [2.75, 3.05) is 0 Å². The molecule has 20 heavy (non-hydrogen) atoms. The first-order chi connectivity index (χ1) is 9.18. The number of hydrogen-bond donors (Lipinski definition) is 1. The van der Waals surface area contributed by atoms with E-state index in [4.69, 9.17) is 0 Å². The van der Waals surface area contributed by atoms with Crippen molar-refractivity contribution in [3.05, 3.63) is 41.1 Å². The minimum atomic E-state index is -0.949. The average Bonchev–Trinajstić information content (AvgIpc) is 2.71. The highest BCUT2D eigenvalue weighted by atomic mass is 16.4. The minimum Gasteiger partial charge on any atom is -0.478 e. The van der Waals surface area contributed by atoms with Crippen LogP contribution in [0.5, 0.6) is 0 Å². The topological polar surface area (TPSA) is 55.1 Å². The van der Waals surface area contributed by atoms with Crippen LogP contribution >= 0.6 is 0 Å². The second-order valence-corrected chi connectivity index (χ2v) is 6.19. The number of carboxylic acid groups (broad SMARTS) is 1. The van der Waals surface area contributed by atoms with Gasteiger partial charge in [0.1, 0.15) is 11.3 Å². The smallest absolute Gasteiger partial charge is 0.339 e. The molecular formula is C16H20N2O2. The molecule has 1 N–H and O–H groups in total. The minimum absolute atomic E-state index is 0.241. The van der Waals surface area contributed by atoms with Crippen molar-refractivity contribution in [1.29, 1.82) is 0 Å². The molecule has 0 aliphatic heterocycles. The highest BCUT2D eigenvalue weighted by Crippen LogP contribution is 2.27. The van der Waals surface area contributed by atoms with Gasteiger partial charge in [-0.2, -0.15) is 5.10 Å². The SMILES string of the molecule is Cc1cc(C)cc(-c2nn(C(C)(C)C)cc2C(=O)O)c1. The Morgan fingerprint density at radius 3 is 2.15 bits per heavy atom.